The number of sulfonamides is 1. The molecule has 0 heterocycles. The van der Waals surface area contributed by atoms with Crippen LogP contribution in [0.4, 0.5) is 8.78 Å². The van der Waals surface area contributed by atoms with Gasteiger partial charge in [-0.25, -0.2) is 21.9 Å². The van der Waals surface area contributed by atoms with Crippen molar-refractivity contribution in [2.75, 3.05) is 13.2 Å². The van der Waals surface area contributed by atoms with Gasteiger partial charge >= 0.3 is 0 Å². The van der Waals surface area contributed by atoms with Gasteiger partial charge in [-0.05, 0) is 31.4 Å². The number of aliphatic hydroxyl groups excluding tert-OH is 1. The van der Waals surface area contributed by atoms with Gasteiger partial charge in [0.15, 0.2) is 0 Å². The van der Waals surface area contributed by atoms with Gasteiger partial charge in [-0.2, -0.15) is 0 Å². The molecule has 0 bridgehead atoms. The molecule has 1 aromatic carbocycles. The lowest BCUT2D eigenvalue weighted by atomic mass is 10.2. The summed E-state index contributed by atoms with van der Waals surface area (Å²) in [7, 11) is -3.88. The number of halogens is 2. The van der Waals surface area contributed by atoms with Crippen LogP contribution < -0.4 is 4.72 Å². The SMILES string of the molecule is O=S(=O)(NCCCCCO)c1cc(F)cc(F)c1. The highest BCUT2D eigenvalue weighted by molar-refractivity contribution is 7.89. The summed E-state index contributed by atoms with van der Waals surface area (Å²) in [6.45, 7) is 0.225. The summed E-state index contributed by atoms with van der Waals surface area (Å²) in [5, 5.41) is 8.54. The molecule has 0 fully saturated rings. The summed E-state index contributed by atoms with van der Waals surface area (Å²) in [6, 6.07) is 2.14. The third kappa shape index (κ3) is 4.67. The van der Waals surface area contributed by atoms with Gasteiger partial charge in [0.25, 0.3) is 0 Å². The molecule has 0 aliphatic rings. The van der Waals surface area contributed by atoms with Gasteiger partial charge in [-0.3, -0.25) is 0 Å². The summed E-state index contributed by atoms with van der Waals surface area (Å²) in [5.74, 6) is -1.87. The fourth-order valence-electron chi connectivity index (χ4n) is 1.39. The zero-order chi connectivity index (χ0) is 13.6. The van der Waals surface area contributed by atoms with Crippen LogP contribution in [0.15, 0.2) is 23.1 Å². The summed E-state index contributed by atoms with van der Waals surface area (Å²) in [5.41, 5.74) is 0. The Morgan fingerprint density at radius 2 is 1.67 bits per heavy atom. The zero-order valence-electron chi connectivity index (χ0n) is 9.70. The molecule has 0 saturated carbocycles. The minimum Gasteiger partial charge on any atom is -0.396 e. The molecular formula is C11H15F2NO3S. The topological polar surface area (TPSA) is 66.4 Å². The fraction of sp³-hybridized carbons (Fsp3) is 0.455. The lowest BCUT2D eigenvalue weighted by molar-refractivity contribution is 0.283. The van der Waals surface area contributed by atoms with E-state index in [0.717, 1.165) is 12.1 Å². The maximum Gasteiger partial charge on any atom is 0.240 e. The van der Waals surface area contributed by atoms with E-state index in [0.29, 0.717) is 25.3 Å². The summed E-state index contributed by atoms with van der Waals surface area (Å²) >= 11 is 0. The number of nitrogens with one attached hydrogen (secondary N) is 1. The minimum atomic E-state index is -3.88. The molecule has 0 aromatic heterocycles. The van der Waals surface area contributed by atoms with Crippen LogP contribution in [0.1, 0.15) is 19.3 Å². The Balaban J connectivity index is 2.63. The van der Waals surface area contributed by atoms with Gasteiger partial charge < -0.3 is 5.11 Å². The Bertz CT molecular complexity index is 471. The van der Waals surface area contributed by atoms with Gasteiger partial charge in [0.05, 0.1) is 4.90 Å². The van der Waals surface area contributed by atoms with Crippen LogP contribution in [0.5, 0.6) is 0 Å². The molecule has 0 aliphatic carbocycles. The monoisotopic (exact) mass is 279 g/mol. The number of aliphatic hydroxyl groups is 1. The summed E-state index contributed by atoms with van der Waals surface area (Å²) < 4.78 is 51.4. The van der Waals surface area contributed by atoms with E-state index in [1.54, 1.807) is 0 Å². The summed E-state index contributed by atoms with van der Waals surface area (Å²) in [6.07, 6.45) is 1.82. The van der Waals surface area contributed by atoms with Crippen molar-refractivity contribution in [2.24, 2.45) is 0 Å². The fourth-order valence-corrected chi connectivity index (χ4v) is 2.50. The zero-order valence-corrected chi connectivity index (χ0v) is 10.5. The van der Waals surface area contributed by atoms with Gasteiger partial charge in [-0.1, -0.05) is 0 Å². The Kier molecular flexibility index (Phi) is 5.64. The highest BCUT2D eigenvalue weighted by atomic mass is 32.2. The number of benzene rings is 1. The average Bonchev–Trinajstić information content (AvgIpc) is 2.27. The Morgan fingerprint density at radius 3 is 2.22 bits per heavy atom. The molecule has 4 nitrogen and oxygen atoms in total. The molecule has 0 unspecified atom stereocenters. The second-order valence-electron chi connectivity index (χ2n) is 3.79. The summed E-state index contributed by atoms with van der Waals surface area (Å²) in [4.78, 5) is -0.429. The normalized spacial score (nSPS) is 11.7. The number of rotatable bonds is 7. The first kappa shape index (κ1) is 15.0. The van der Waals surface area contributed by atoms with E-state index in [4.69, 9.17) is 5.11 Å². The van der Waals surface area contributed by atoms with Crippen LogP contribution in [0.25, 0.3) is 0 Å². The molecule has 7 heteroatoms. The largest absolute Gasteiger partial charge is 0.396 e. The molecule has 0 radical (unpaired) electrons. The van der Waals surface area contributed by atoms with Crippen molar-refractivity contribution in [1.29, 1.82) is 0 Å². The molecule has 18 heavy (non-hydrogen) atoms. The van der Waals surface area contributed by atoms with Crippen molar-refractivity contribution in [3.8, 4) is 0 Å². The van der Waals surface area contributed by atoms with Gasteiger partial charge in [-0.15, -0.1) is 0 Å². The Labute approximate surface area is 105 Å². The molecule has 2 N–H and O–H groups in total. The van der Waals surface area contributed by atoms with Crippen LogP contribution in [-0.2, 0) is 10.0 Å². The van der Waals surface area contributed by atoms with Crippen LogP contribution in [0, 0.1) is 11.6 Å². The van der Waals surface area contributed by atoms with Crippen molar-refractivity contribution in [3.63, 3.8) is 0 Å². The van der Waals surface area contributed by atoms with Crippen molar-refractivity contribution in [3.05, 3.63) is 29.8 Å². The number of hydrogen-bond acceptors (Lipinski definition) is 3. The molecule has 0 atom stereocenters. The molecule has 1 rings (SSSR count). The van der Waals surface area contributed by atoms with E-state index in [-0.39, 0.29) is 13.2 Å². The highest BCUT2D eigenvalue weighted by Crippen LogP contribution is 2.13. The van der Waals surface area contributed by atoms with Crippen molar-refractivity contribution in [2.45, 2.75) is 24.2 Å². The molecule has 0 aliphatic heterocycles. The van der Waals surface area contributed by atoms with Gasteiger partial charge in [0.1, 0.15) is 11.6 Å². The van der Waals surface area contributed by atoms with Crippen LogP contribution in [0.2, 0.25) is 0 Å². The standard InChI is InChI=1S/C11H15F2NO3S/c12-9-6-10(13)8-11(7-9)18(16,17)14-4-2-1-3-5-15/h6-8,14-15H,1-5H2. The van der Waals surface area contributed by atoms with Crippen LogP contribution in [0.3, 0.4) is 0 Å². The minimum absolute atomic E-state index is 0.0574. The molecule has 0 spiro atoms. The smallest absolute Gasteiger partial charge is 0.240 e. The number of unbranched alkanes of at least 4 members (excludes halogenated alkanes) is 2. The first-order valence-corrected chi connectivity index (χ1v) is 7.00. The second kappa shape index (κ2) is 6.77. The van der Waals surface area contributed by atoms with Crippen molar-refractivity contribution < 1.29 is 22.3 Å². The van der Waals surface area contributed by atoms with E-state index < -0.39 is 26.6 Å². The van der Waals surface area contributed by atoms with E-state index in [1.807, 2.05) is 0 Å². The quantitative estimate of drug-likeness (QED) is 0.742. The lowest BCUT2D eigenvalue weighted by Crippen LogP contribution is -2.25. The lowest BCUT2D eigenvalue weighted by Gasteiger charge is -2.06. The molecule has 102 valence electrons. The maximum atomic E-state index is 12.9. The molecule has 0 saturated heterocycles. The van der Waals surface area contributed by atoms with E-state index in [9.17, 15) is 17.2 Å². The first-order valence-electron chi connectivity index (χ1n) is 5.52. The van der Waals surface area contributed by atoms with Crippen LogP contribution in [-0.4, -0.2) is 26.7 Å². The predicted octanol–water partition coefficient (Wildman–Crippen LogP) is 1.41. The van der Waals surface area contributed by atoms with Crippen LogP contribution >= 0.6 is 0 Å². The molecule has 1 aromatic rings. The first-order chi connectivity index (χ1) is 8.45. The molecular weight excluding hydrogens is 264 g/mol. The third-order valence-corrected chi connectivity index (χ3v) is 3.71. The van der Waals surface area contributed by atoms with E-state index >= 15 is 0 Å². The van der Waals surface area contributed by atoms with Crippen molar-refractivity contribution in [1.82, 2.24) is 4.72 Å². The highest BCUT2D eigenvalue weighted by Gasteiger charge is 2.15. The van der Waals surface area contributed by atoms with Crippen molar-refractivity contribution >= 4 is 10.0 Å². The second-order valence-corrected chi connectivity index (χ2v) is 5.55. The average molecular weight is 279 g/mol. The Morgan fingerprint density at radius 1 is 1.06 bits per heavy atom. The Hall–Kier alpha value is -1.05. The molecule has 0 amide bonds. The maximum absolute atomic E-state index is 12.9. The van der Waals surface area contributed by atoms with E-state index in [1.165, 1.54) is 0 Å². The van der Waals surface area contributed by atoms with E-state index in [2.05, 4.69) is 4.72 Å². The predicted molar refractivity (Wildman–Crippen MR) is 62.5 cm³/mol. The third-order valence-electron chi connectivity index (χ3n) is 2.27. The number of hydrogen-bond donors (Lipinski definition) is 2. The van der Waals surface area contributed by atoms with Gasteiger partial charge in [0, 0.05) is 19.2 Å². The van der Waals surface area contributed by atoms with Gasteiger partial charge in [0.2, 0.25) is 10.0 Å².